The molecule has 0 amide bonds. The van der Waals surface area contributed by atoms with Crippen molar-refractivity contribution in [2.45, 2.75) is 45.2 Å². The molecule has 1 aliphatic carbocycles. The van der Waals surface area contributed by atoms with Gasteiger partial charge in [-0.15, -0.1) is 0 Å². The summed E-state index contributed by atoms with van der Waals surface area (Å²) in [7, 11) is 0. The third kappa shape index (κ3) is 4.93. The van der Waals surface area contributed by atoms with Crippen LogP contribution in [0.2, 0.25) is 0 Å². The second kappa shape index (κ2) is 8.64. The van der Waals surface area contributed by atoms with Crippen molar-refractivity contribution in [1.29, 1.82) is 5.26 Å². The Hall–Kier alpha value is -1.64. The standard InChI is InChI=1S/C20H28N4S/c1-16-4-2-3-5-19(16)22-20(25)24-12-10-23(11-13-24)15-18-8-6-17(14-21)7-9-18/h6-9,16,19H,2-5,10-13,15H2,1H3,(H,22,25)/t16-,19+/m0/s1. The summed E-state index contributed by atoms with van der Waals surface area (Å²) in [5.41, 5.74) is 1.99. The van der Waals surface area contributed by atoms with E-state index in [1.54, 1.807) is 0 Å². The van der Waals surface area contributed by atoms with Gasteiger partial charge in [-0.2, -0.15) is 5.26 Å². The normalized spacial score (nSPS) is 24.6. The van der Waals surface area contributed by atoms with Gasteiger partial charge in [0.2, 0.25) is 0 Å². The summed E-state index contributed by atoms with van der Waals surface area (Å²) in [6.07, 6.45) is 5.25. The molecule has 1 aliphatic heterocycles. The highest BCUT2D eigenvalue weighted by molar-refractivity contribution is 7.80. The maximum Gasteiger partial charge on any atom is 0.169 e. The van der Waals surface area contributed by atoms with Crippen molar-refractivity contribution in [3.8, 4) is 6.07 Å². The number of thiocarbonyl (C=S) groups is 1. The monoisotopic (exact) mass is 356 g/mol. The zero-order valence-electron chi connectivity index (χ0n) is 15.1. The molecular formula is C20H28N4S. The summed E-state index contributed by atoms with van der Waals surface area (Å²) in [6, 6.07) is 10.6. The molecule has 1 aromatic carbocycles. The maximum absolute atomic E-state index is 8.88. The van der Waals surface area contributed by atoms with Gasteiger partial charge in [-0.25, -0.2) is 0 Å². The van der Waals surface area contributed by atoms with Crippen LogP contribution >= 0.6 is 12.2 Å². The Morgan fingerprint density at radius 1 is 1.16 bits per heavy atom. The van der Waals surface area contributed by atoms with Crippen LogP contribution in [0, 0.1) is 17.2 Å². The van der Waals surface area contributed by atoms with E-state index in [4.69, 9.17) is 17.5 Å². The molecule has 1 saturated carbocycles. The van der Waals surface area contributed by atoms with Crippen LogP contribution in [-0.2, 0) is 6.54 Å². The first-order valence-corrected chi connectivity index (χ1v) is 9.83. The van der Waals surface area contributed by atoms with E-state index in [0.717, 1.165) is 49.3 Å². The van der Waals surface area contributed by atoms with Gasteiger partial charge in [-0.3, -0.25) is 4.90 Å². The number of nitrogens with one attached hydrogen (secondary N) is 1. The molecule has 2 atom stereocenters. The van der Waals surface area contributed by atoms with E-state index in [1.807, 2.05) is 12.1 Å². The summed E-state index contributed by atoms with van der Waals surface area (Å²) < 4.78 is 0. The summed E-state index contributed by atoms with van der Waals surface area (Å²) >= 11 is 5.67. The Morgan fingerprint density at radius 2 is 1.84 bits per heavy atom. The average molecular weight is 357 g/mol. The van der Waals surface area contributed by atoms with Crippen molar-refractivity contribution in [2.24, 2.45) is 5.92 Å². The van der Waals surface area contributed by atoms with Gasteiger partial charge in [-0.1, -0.05) is 31.9 Å². The van der Waals surface area contributed by atoms with Crippen molar-refractivity contribution in [3.63, 3.8) is 0 Å². The Bertz CT molecular complexity index is 614. The highest BCUT2D eigenvalue weighted by Gasteiger charge is 2.25. The first-order valence-electron chi connectivity index (χ1n) is 9.42. The van der Waals surface area contributed by atoms with E-state index < -0.39 is 0 Å². The molecule has 2 aliphatic rings. The van der Waals surface area contributed by atoms with Gasteiger partial charge < -0.3 is 10.2 Å². The molecule has 1 heterocycles. The predicted molar refractivity (Wildman–Crippen MR) is 105 cm³/mol. The fourth-order valence-corrected chi connectivity index (χ4v) is 4.17. The second-order valence-corrected chi connectivity index (χ2v) is 7.78. The molecular weight excluding hydrogens is 328 g/mol. The van der Waals surface area contributed by atoms with Gasteiger partial charge in [-0.05, 0) is 48.7 Å². The third-order valence-corrected chi connectivity index (χ3v) is 5.95. The Morgan fingerprint density at radius 3 is 2.48 bits per heavy atom. The van der Waals surface area contributed by atoms with Crippen LogP contribution in [-0.4, -0.2) is 47.1 Å². The SMILES string of the molecule is C[C@H]1CCCC[C@H]1NC(=S)N1CCN(Cc2ccc(C#N)cc2)CC1. The lowest BCUT2D eigenvalue weighted by atomic mass is 9.86. The van der Waals surface area contributed by atoms with E-state index >= 15 is 0 Å². The smallest absolute Gasteiger partial charge is 0.169 e. The van der Waals surface area contributed by atoms with Crippen molar-refractivity contribution in [2.75, 3.05) is 26.2 Å². The van der Waals surface area contributed by atoms with Crippen LogP contribution in [0.3, 0.4) is 0 Å². The zero-order chi connectivity index (χ0) is 17.6. The maximum atomic E-state index is 8.88. The minimum Gasteiger partial charge on any atom is -0.360 e. The molecule has 0 bridgehead atoms. The van der Waals surface area contributed by atoms with Crippen LogP contribution in [0.1, 0.15) is 43.7 Å². The van der Waals surface area contributed by atoms with E-state index in [1.165, 1.54) is 31.2 Å². The van der Waals surface area contributed by atoms with E-state index in [0.29, 0.717) is 6.04 Å². The molecule has 1 N–H and O–H groups in total. The lowest BCUT2D eigenvalue weighted by molar-refractivity contribution is 0.172. The number of rotatable bonds is 3. The molecule has 0 spiro atoms. The molecule has 0 unspecified atom stereocenters. The molecule has 1 aromatic rings. The molecule has 25 heavy (non-hydrogen) atoms. The first kappa shape index (κ1) is 18.2. The third-order valence-electron chi connectivity index (χ3n) is 5.57. The van der Waals surface area contributed by atoms with Crippen molar-refractivity contribution < 1.29 is 0 Å². The van der Waals surface area contributed by atoms with Gasteiger partial charge in [0.15, 0.2) is 5.11 Å². The van der Waals surface area contributed by atoms with E-state index in [2.05, 4.69) is 40.2 Å². The summed E-state index contributed by atoms with van der Waals surface area (Å²) in [6.45, 7) is 7.32. The van der Waals surface area contributed by atoms with Crippen LogP contribution in [0.4, 0.5) is 0 Å². The lowest BCUT2D eigenvalue weighted by Crippen LogP contribution is -2.54. The molecule has 4 nitrogen and oxygen atoms in total. The summed E-state index contributed by atoms with van der Waals surface area (Å²) in [5, 5.41) is 13.4. The number of hydrogen-bond donors (Lipinski definition) is 1. The Labute approximate surface area is 156 Å². The van der Waals surface area contributed by atoms with Gasteiger partial charge >= 0.3 is 0 Å². The first-order chi connectivity index (χ1) is 12.2. The van der Waals surface area contributed by atoms with Crippen LogP contribution in [0.15, 0.2) is 24.3 Å². The second-order valence-electron chi connectivity index (χ2n) is 7.39. The van der Waals surface area contributed by atoms with Crippen molar-refractivity contribution in [3.05, 3.63) is 35.4 Å². The van der Waals surface area contributed by atoms with Gasteiger partial charge in [0.05, 0.1) is 11.6 Å². The predicted octanol–water partition coefficient (Wildman–Crippen LogP) is 3.13. The van der Waals surface area contributed by atoms with Crippen molar-refractivity contribution in [1.82, 2.24) is 15.1 Å². The zero-order valence-corrected chi connectivity index (χ0v) is 15.9. The molecule has 0 radical (unpaired) electrons. The fourth-order valence-electron chi connectivity index (χ4n) is 3.83. The van der Waals surface area contributed by atoms with Gasteiger partial charge in [0, 0.05) is 38.8 Å². The Kier molecular flexibility index (Phi) is 6.28. The van der Waals surface area contributed by atoms with Crippen LogP contribution < -0.4 is 5.32 Å². The minimum atomic E-state index is 0.554. The topological polar surface area (TPSA) is 42.3 Å². The number of nitriles is 1. The van der Waals surface area contributed by atoms with Gasteiger partial charge in [0.1, 0.15) is 0 Å². The van der Waals surface area contributed by atoms with E-state index in [9.17, 15) is 0 Å². The number of benzene rings is 1. The molecule has 0 aromatic heterocycles. The highest BCUT2D eigenvalue weighted by Crippen LogP contribution is 2.24. The summed E-state index contributed by atoms with van der Waals surface area (Å²) in [4.78, 5) is 4.79. The number of nitrogens with zero attached hydrogens (tertiary/aromatic N) is 3. The van der Waals surface area contributed by atoms with E-state index in [-0.39, 0.29) is 0 Å². The van der Waals surface area contributed by atoms with Gasteiger partial charge in [0.25, 0.3) is 0 Å². The highest BCUT2D eigenvalue weighted by atomic mass is 32.1. The lowest BCUT2D eigenvalue weighted by Gasteiger charge is -2.39. The van der Waals surface area contributed by atoms with Crippen molar-refractivity contribution >= 4 is 17.3 Å². The largest absolute Gasteiger partial charge is 0.360 e. The minimum absolute atomic E-state index is 0.554. The summed E-state index contributed by atoms with van der Waals surface area (Å²) in [5.74, 6) is 0.726. The quantitative estimate of drug-likeness (QED) is 0.843. The molecule has 2 fully saturated rings. The van der Waals surface area contributed by atoms with Crippen LogP contribution in [0.5, 0.6) is 0 Å². The Balaban J connectivity index is 1.44. The van der Waals surface area contributed by atoms with Crippen LogP contribution in [0.25, 0.3) is 0 Å². The molecule has 5 heteroatoms. The molecule has 134 valence electrons. The number of piperazine rings is 1. The fraction of sp³-hybridized carbons (Fsp3) is 0.600. The average Bonchev–Trinajstić information content (AvgIpc) is 2.65. The molecule has 3 rings (SSSR count). The molecule has 1 saturated heterocycles. The number of hydrogen-bond acceptors (Lipinski definition) is 3.